The lowest BCUT2D eigenvalue weighted by atomic mass is 10.1. The van der Waals surface area contributed by atoms with Crippen LogP contribution in [0.3, 0.4) is 0 Å². The van der Waals surface area contributed by atoms with Crippen LogP contribution in [0.5, 0.6) is 0 Å². The maximum atomic E-state index is 12.6. The predicted octanol–water partition coefficient (Wildman–Crippen LogP) is 1.73. The number of hydrogen-bond acceptors (Lipinski definition) is 7. The molecule has 0 aromatic heterocycles. The summed E-state index contributed by atoms with van der Waals surface area (Å²) in [6.45, 7) is -1.41. The van der Waals surface area contributed by atoms with E-state index in [1.807, 2.05) is 0 Å². The van der Waals surface area contributed by atoms with Crippen molar-refractivity contribution in [2.75, 3.05) is 30.5 Å². The molecular formula is C13H17F3O6S3. The van der Waals surface area contributed by atoms with Gasteiger partial charge in [0.15, 0.2) is 5.78 Å². The fourth-order valence-electron chi connectivity index (χ4n) is 1.87. The molecule has 0 atom stereocenters. The van der Waals surface area contributed by atoms with Gasteiger partial charge >= 0.3 is 15.6 Å². The van der Waals surface area contributed by atoms with Crippen LogP contribution in [0.1, 0.15) is 10.4 Å². The summed E-state index contributed by atoms with van der Waals surface area (Å²) in [6, 6.07) is 5.73. The van der Waals surface area contributed by atoms with Crippen molar-refractivity contribution in [3.63, 3.8) is 0 Å². The Morgan fingerprint density at radius 3 is 1.96 bits per heavy atom. The molecule has 25 heavy (non-hydrogen) atoms. The van der Waals surface area contributed by atoms with E-state index in [9.17, 15) is 26.4 Å². The van der Waals surface area contributed by atoms with E-state index in [1.165, 1.54) is 24.3 Å². The summed E-state index contributed by atoms with van der Waals surface area (Å²) < 4.78 is 65.0. The zero-order chi connectivity index (χ0) is 19.3. The van der Waals surface area contributed by atoms with Gasteiger partial charge in [0.2, 0.25) is 0 Å². The number of Topliss-reactive ketones (excluding diaryl/α,β-unsaturated/α-hetero) is 1. The molecule has 0 amide bonds. The fourth-order valence-corrected chi connectivity index (χ4v) is 6.39. The Kier molecular flexibility index (Phi) is 7.77. The van der Waals surface area contributed by atoms with Gasteiger partial charge in [-0.3, -0.25) is 4.79 Å². The minimum Gasteiger partial charge on any atom is -0.395 e. The average Bonchev–Trinajstić information content (AvgIpc) is 2.46. The Morgan fingerprint density at radius 1 is 1.08 bits per heavy atom. The highest BCUT2D eigenvalue weighted by atomic mass is 32.3. The molecule has 0 saturated carbocycles. The second kappa shape index (κ2) is 8.73. The summed E-state index contributed by atoms with van der Waals surface area (Å²) in [5.41, 5.74) is -5.55. The van der Waals surface area contributed by atoms with Crippen LogP contribution in [0.25, 0.3) is 0 Å². The SMILES string of the molecule is O=C(CS(CCO)(CCO)OS(=O)(=O)C(F)(F)F)c1ccc(S)cc1. The van der Waals surface area contributed by atoms with Crippen molar-refractivity contribution < 1.29 is 40.2 Å². The molecule has 1 aromatic rings. The highest BCUT2D eigenvalue weighted by molar-refractivity contribution is 8.33. The van der Waals surface area contributed by atoms with Gasteiger partial charge in [0, 0.05) is 22.0 Å². The normalized spacial score (nSPS) is 13.7. The fraction of sp³-hybridized carbons (Fsp3) is 0.462. The summed E-state index contributed by atoms with van der Waals surface area (Å²) in [5, 5.41) is 18.2. The van der Waals surface area contributed by atoms with Crippen molar-refractivity contribution in [3.8, 4) is 0 Å². The van der Waals surface area contributed by atoms with Gasteiger partial charge in [-0.1, -0.05) is 12.1 Å². The number of halogens is 3. The number of benzene rings is 1. The van der Waals surface area contributed by atoms with Gasteiger partial charge in [-0.15, -0.1) is 22.9 Å². The zero-order valence-electron chi connectivity index (χ0n) is 12.8. The molecular weight excluding hydrogens is 405 g/mol. The van der Waals surface area contributed by atoms with Gasteiger partial charge < -0.3 is 10.2 Å². The quantitative estimate of drug-likeness (QED) is 0.318. The second-order valence-electron chi connectivity index (χ2n) is 4.90. The first-order chi connectivity index (χ1) is 11.5. The summed E-state index contributed by atoms with van der Waals surface area (Å²) in [4.78, 5) is 12.9. The third-order valence-corrected chi connectivity index (χ3v) is 8.41. The molecule has 0 saturated heterocycles. The Hall–Kier alpha value is -0.790. The molecule has 2 N–H and O–H groups in total. The van der Waals surface area contributed by atoms with Crippen molar-refractivity contribution in [2.45, 2.75) is 10.4 Å². The number of alkyl halides is 3. The van der Waals surface area contributed by atoms with Crippen LogP contribution in [0, 0.1) is 0 Å². The standard InChI is InChI=1S/C13H17F3O6S3/c14-13(15,16)25(20,21)22-24(7-5-17,8-6-18)9-12(19)10-1-3-11(23)4-2-10/h1-4,17-18,23H,5-9H2. The zero-order valence-corrected chi connectivity index (χ0v) is 15.3. The lowest BCUT2D eigenvalue weighted by Crippen LogP contribution is -2.33. The van der Waals surface area contributed by atoms with E-state index in [2.05, 4.69) is 16.3 Å². The molecule has 0 spiro atoms. The molecule has 1 rings (SSSR count). The molecule has 12 heteroatoms. The Labute approximate surface area is 150 Å². The minimum absolute atomic E-state index is 0.124. The summed E-state index contributed by atoms with van der Waals surface area (Å²) in [5.74, 6) is -2.35. The summed E-state index contributed by atoms with van der Waals surface area (Å²) in [7, 11) is -9.26. The monoisotopic (exact) mass is 422 g/mol. The van der Waals surface area contributed by atoms with Crippen molar-refractivity contribution in [1.82, 2.24) is 0 Å². The number of rotatable bonds is 9. The Bertz CT molecular complexity index is 682. The molecule has 0 radical (unpaired) electrons. The maximum Gasteiger partial charge on any atom is 0.523 e. The molecule has 6 nitrogen and oxygen atoms in total. The lowest BCUT2D eigenvalue weighted by Gasteiger charge is -2.37. The van der Waals surface area contributed by atoms with E-state index in [0.717, 1.165) is 0 Å². The largest absolute Gasteiger partial charge is 0.523 e. The first kappa shape index (κ1) is 22.3. The highest BCUT2D eigenvalue weighted by Gasteiger charge is 2.51. The molecule has 0 aliphatic rings. The van der Waals surface area contributed by atoms with Crippen molar-refractivity contribution in [1.29, 1.82) is 0 Å². The van der Waals surface area contributed by atoms with Gasteiger partial charge in [0.25, 0.3) is 0 Å². The number of thiol groups is 1. The molecule has 0 aliphatic carbocycles. The third-order valence-electron chi connectivity index (χ3n) is 3.03. The minimum atomic E-state index is -5.98. The van der Waals surface area contributed by atoms with Gasteiger partial charge in [-0.2, -0.15) is 21.6 Å². The first-order valence-electron chi connectivity index (χ1n) is 6.79. The Balaban J connectivity index is 3.18. The summed E-state index contributed by atoms with van der Waals surface area (Å²) in [6.07, 6.45) is 0. The van der Waals surface area contributed by atoms with Crippen LogP contribution in [0.2, 0.25) is 0 Å². The van der Waals surface area contributed by atoms with Gasteiger partial charge in [-0.05, 0) is 12.1 Å². The molecule has 144 valence electrons. The number of ketones is 1. The predicted molar refractivity (Wildman–Crippen MR) is 90.4 cm³/mol. The first-order valence-corrected chi connectivity index (χ1v) is 10.7. The average molecular weight is 422 g/mol. The number of aliphatic hydroxyl groups is 2. The van der Waals surface area contributed by atoms with Crippen molar-refractivity contribution in [2.24, 2.45) is 0 Å². The van der Waals surface area contributed by atoms with E-state index in [4.69, 9.17) is 10.2 Å². The van der Waals surface area contributed by atoms with E-state index in [0.29, 0.717) is 4.90 Å². The third kappa shape index (κ3) is 6.15. The highest BCUT2D eigenvalue weighted by Crippen LogP contribution is 2.52. The van der Waals surface area contributed by atoms with E-state index < -0.39 is 62.2 Å². The van der Waals surface area contributed by atoms with Crippen LogP contribution in [-0.4, -0.2) is 60.4 Å². The number of hydrogen-bond donors (Lipinski definition) is 3. The second-order valence-corrected chi connectivity index (χ2v) is 10.4. The molecule has 0 fully saturated rings. The number of carbonyl (C=O) groups excluding carboxylic acids is 1. The van der Waals surface area contributed by atoms with Crippen molar-refractivity contribution >= 4 is 38.8 Å². The van der Waals surface area contributed by atoms with Crippen LogP contribution >= 0.6 is 22.9 Å². The molecule has 1 aromatic carbocycles. The van der Waals surface area contributed by atoms with Crippen LogP contribution in [-0.2, 0) is 13.7 Å². The van der Waals surface area contributed by atoms with E-state index in [1.54, 1.807) is 0 Å². The lowest BCUT2D eigenvalue weighted by molar-refractivity contribution is -0.0496. The van der Waals surface area contributed by atoms with Gasteiger partial charge in [0.1, 0.15) is 0 Å². The van der Waals surface area contributed by atoms with Crippen LogP contribution in [0.15, 0.2) is 29.2 Å². The van der Waals surface area contributed by atoms with E-state index >= 15 is 0 Å². The maximum absolute atomic E-state index is 12.6. The molecule has 0 bridgehead atoms. The Morgan fingerprint density at radius 2 is 1.56 bits per heavy atom. The van der Waals surface area contributed by atoms with Crippen LogP contribution in [0.4, 0.5) is 13.2 Å². The van der Waals surface area contributed by atoms with Crippen molar-refractivity contribution in [3.05, 3.63) is 29.8 Å². The smallest absolute Gasteiger partial charge is 0.395 e. The number of aliphatic hydroxyl groups excluding tert-OH is 2. The van der Waals surface area contributed by atoms with Gasteiger partial charge in [0.05, 0.1) is 19.0 Å². The molecule has 0 aliphatic heterocycles. The summed E-state index contributed by atoms with van der Waals surface area (Å²) >= 11 is 4.04. The molecule has 0 heterocycles. The molecule has 0 unspecified atom stereocenters. The van der Waals surface area contributed by atoms with Crippen LogP contribution < -0.4 is 0 Å². The van der Waals surface area contributed by atoms with Gasteiger partial charge in [-0.25, -0.2) is 3.63 Å². The number of carbonyl (C=O) groups is 1. The topological polar surface area (TPSA) is 101 Å². The van der Waals surface area contributed by atoms with E-state index in [-0.39, 0.29) is 5.56 Å².